The zero-order chi connectivity index (χ0) is 19.3. The molecule has 0 heterocycles. The molecule has 0 radical (unpaired) electrons. The number of benzene rings is 2. The van der Waals surface area contributed by atoms with Crippen molar-refractivity contribution < 1.29 is 9.59 Å². The second kappa shape index (κ2) is 9.24. The van der Waals surface area contributed by atoms with Crippen molar-refractivity contribution >= 4 is 69.6 Å². The van der Waals surface area contributed by atoms with Crippen molar-refractivity contribution in [2.75, 3.05) is 5.32 Å². The van der Waals surface area contributed by atoms with Gasteiger partial charge >= 0.3 is 0 Å². The zero-order valence-electron chi connectivity index (χ0n) is 13.4. The highest BCUT2D eigenvalue weighted by molar-refractivity contribution is 6.37. The van der Waals surface area contributed by atoms with Crippen molar-refractivity contribution in [3.05, 3.63) is 62.1 Å². The van der Waals surface area contributed by atoms with E-state index in [2.05, 4.69) is 15.8 Å². The molecule has 5 nitrogen and oxygen atoms in total. The van der Waals surface area contributed by atoms with E-state index in [4.69, 9.17) is 46.4 Å². The number of hydrogen-bond acceptors (Lipinski definition) is 3. The lowest BCUT2D eigenvalue weighted by molar-refractivity contribution is -0.115. The maximum atomic E-state index is 12.1. The maximum absolute atomic E-state index is 12.1. The minimum Gasteiger partial charge on any atom is -0.324 e. The van der Waals surface area contributed by atoms with Crippen LogP contribution in [0.5, 0.6) is 0 Å². The summed E-state index contributed by atoms with van der Waals surface area (Å²) in [4.78, 5) is 24.1. The third-order valence-corrected chi connectivity index (χ3v) is 4.26. The Hall–Kier alpha value is -1.79. The standard InChI is InChI=1S/C17H13Cl4N3O2/c1-9(6-16(25)22-15-8-11(19)3-5-13(15)20)23-24-17(26)12-4-2-10(18)7-14(12)21/h2-5,7-8H,6H2,1H3,(H,22,25)(H,24,26)/b23-9-. The third-order valence-electron chi connectivity index (χ3n) is 3.14. The molecular weight excluding hydrogens is 420 g/mol. The minimum atomic E-state index is -0.510. The molecule has 0 aliphatic heterocycles. The molecule has 26 heavy (non-hydrogen) atoms. The Morgan fingerprint density at radius 1 is 0.962 bits per heavy atom. The molecule has 0 unspecified atom stereocenters. The Kier molecular flexibility index (Phi) is 7.29. The topological polar surface area (TPSA) is 70.6 Å². The van der Waals surface area contributed by atoms with Crippen LogP contribution < -0.4 is 10.7 Å². The van der Waals surface area contributed by atoms with Gasteiger partial charge in [0, 0.05) is 15.8 Å². The molecule has 9 heteroatoms. The Labute approximate surface area is 170 Å². The van der Waals surface area contributed by atoms with Gasteiger partial charge in [-0.1, -0.05) is 46.4 Å². The monoisotopic (exact) mass is 431 g/mol. The lowest BCUT2D eigenvalue weighted by Gasteiger charge is -2.08. The number of carbonyl (C=O) groups excluding carboxylic acids is 2. The van der Waals surface area contributed by atoms with E-state index >= 15 is 0 Å². The number of anilines is 1. The predicted molar refractivity (Wildman–Crippen MR) is 107 cm³/mol. The molecule has 0 bridgehead atoms. The molecule has 0 atom stereocenters. The van der Waals surface area contributed by atoms with Crippen molar-refractivity contribution in [1.29, 1.82) is 0 Å². The number of nitrogens with one attached hydrogen (secondary N) is 2. The molecule has 2 aromatic rings. The number of rotatable bonds is 5. The summed E-state index contributed by atoms with van der Waals surface area (Å²) in [5.74, 6) is -0.862. The van der Waals surface area contributed by atoms with Crippen molar-refractivity contribution in [2.24, 2.45) is 5.10 Å². The van der Waals surface area contributed by atoms with E-state index in [1.165, 1.54) is 12.1 Å². The van der Waals surface area contributed by atoms with E-state index in [1.807, 2.05) is 0 Å². The molecule has 0 fully saturated rings. The van der Waals surface area contributed by atoms with Crippen LogP contribution in [-0.4, -0.2) is 17.5 Å². The van der Waals surface area contributed by atoms with Crippen LogP contribution in [0.25, 0.3) is 0 Å². The lowest BCUT2D eigenvalue weighted by Crippen LogP contribution is -2.21. The number of hydrogen-bond donors (Lipinski definition) is 2. The molecule has 2 N–H and O–H groups in total. The van der Waals surface area contributed by atoms with Crippen LogP contribution in [0.3, 0.4) is 0 Å². The Morgan fingerprint density at radius 2 is 1.62 bits per heavy atom. The van der Waals surface area contributed by atoms with Crippen LogP contribution in [0.2, 0.25) is 20.1 Å². The first-order valence-corrected chi connectivity index (χ1v) is 8.81. The van der Waals surface area contributed by atoms with Gasteiger partial charge in [-0.3, -0.25) is 9.59 Å². The number of hydrazone groups is 1. The molecule has 2 rings (SSSR count). The summed E-state index contributed by atoms with van der Waals surface area (Å²) in [6.45, 7) is 1.60. The van der Waals surface area contributed by atoms with E-state index in [0.717, 1.165) is 0 Å². The summed E-state index contributed by atoms with van der Waals surface area (Å²) in [7, 11) is 0. The summed E-state index contributed by atoms with van der Waals surface area (Å²) in [5, 5.41) is 7.96. The first kappa shape index (κ1) is 20.5. The highest BCUT2D eigenvalue weighted by Crippen LogP contribution is 2.25. The summed E-state index contributed by atoms with van der Waals surface area (Å²) < 4.78 is 0. The number of amides is 2. The van der Waals surface area contributed by atoms with E-state index in [0.29, 0.717) is 26.5 Å². The Bertz CT molecular complexity index is 884. The molecule has 0 aliphatic rings. The Balaban J connectivity index is 1.96. The molecule has 0 saturated carbocycles. The highest BCUT2D eigenvalue weighted by atomic mass is 35.5. The van der Waals surface area contributed by atoms with Gasteiger partial charge in [-0.25, -0.2) is 5.43 Å². The van der Waals surface area contributed by atoms with Crippen molar-refractivity contribution in [3.8, 4) is 0 Å². The molecule has 2 aromatic carbocycles. The van der Waals surface area contributed by atoms with E-state index < -0.39 is 5.91 Å². The van der Waals surface area contributed by atoms with Gasteiger partial charge in [0.1, 0.15) is 0 Å². The van der Waals surface area contributed by atoms with Gasteiger partial charge in [0.2, 0.25) is 5.91 Å². The first-order valence-electron chi connectivity index (χ1n) is 7.29. The van der Waals surface area contributed by atoms with Gasteiger partial charge in [0.05, 0.1) is 27.7 Å². The average Bonchev–Trinajstić information content (AvgIpc) is 2.56. The second-order valence-electron chi connectivity index (χ2n) is 5.26. The van der Waals surface area contributed by atoms with Gasteiger partial charge in [-0.05, 0) is 43.3 Å². The molecule has 2 amide bonds. The average molecular weight is 433 g/mol. The molecule has 0 aromatic heterocycles. The summed E-state index contributed by atoms with van der Waals surface area (Å²) >= 11 is 23.6. The second-order valence-corrected chi connectivity index (χ2v) is 6.95. The van der Waals surface area contributed by atoms with Crippen LogP contribution in [-0.2, 0) is 4.79 Å². The van der Waals surface area contributed by atoms with E-state index in [1.54, 1.807) is 31.2 Å². The van der Waals surface area contributed by atoms with Crippen LogP contribution in [0.1, 0.15) is 23.7 Å². The SMILES string of the molecule is C/C(CC(=O)Nc1cc(Cl)ccc1Cl)=N/NC(=O)c1ccc(Cl)cc1Cl. The highest BCUT2D eigenvalue weighted by Gasteiger charge is 2.11. The van der Waals surface area contributed by atoms with E-state index in [9.17, 15) is 9.59 Å². The smallest absolute Gasteiger partial charge is 0.272 e. The number of halogens is 4. The normalized spacial score (nSPS) is 11.2. The predicted octanol–water partition coefficient (Wildman–Crippen LogP) is 5.43. The van der Waals surface area contributed by atoms with Crippen LogP contribution >= 0.6 is 46.4 Å². The van der Waals surface area contributed by atoms with Gasteiger partial charge in [-0.15, -0.1) is 0 Å². The fourth-order valence-electron chi connectivity index (χ4n) is 1.94. The summed E-state index contributed by atoms with van der Waals surface area (Å²) in [6.07, 6.45) is -0.0442. The third kappa shape index (κ3) is 5.88. The van der Waals surface area contributed by atoms with Crippen molar-refractivity contribution in [1.82, 2.24) is 5.43 Å². The van der Waals surface area contributed by atoms with E-state index in [-0.39, 0.29) is 22.9 Å². The molecule has 0 saturated heterocycles. The largest absolute Gasteiger partial charge is 0.324 e. The first-order chi connectivity index (χ1) is 12.3. The van der Waals surface area contributed by atoms with Crippen LogP contribution in [0.4, 0.5) is 5.69 Å². The summed E-state index contributed by atoms with van der Waals surface area (Å²) in [6, 6.07) is 9.22. The quantitative estimate of drug-likeness (QED) is 0.488. The van der Waals surface area contributed by atoms with Crippen molar-refractivity contribution in [2.45, 2.75) is 13.3 Å². The zero-order valence-corrected chi connectivity index (χ0v) is 16.5. The maximum Gasteiger partial charge on any atom is 0.272 e. The van der Waals surface area contributed by atoms with Gasteiger partial charge < -0.3 is 5.32 Å². The molecule has 0 spiro atoms. The van der Waals surface area contributed by atoms with Crippen LogP contribution in [0, 0.1) is 0 Å². The number of carbonyl (C=O) groups is 2. The molecule has 0 aliphatic carbocycles. The van der Waals surface area contributed by atoms with Crippen LogP contribution in [0.15, 0.2) is 41.5 Å². The van der Waals surface area contributed by atoms with Gasteiger partial charge in [-0.2, -0.15) is 5.10 Å². The fourth-order valence-corrected chi connectivity index (χ4v) is 2.77. The van der Waals surface area contributed by atoms with Crippen molar-refractivity contribution in [3.63, 3.8) is 0 Å². The minimum absolute atomic E-state index is 0.0442. The van der Waals surface area contributed by atoms with Gasteiger partial charge in [0.25, 0.3) is 5.91 Å². The Morgan fingerprint density at radius 3 is 2.31 bits per heavy atom. The fraction of sp³-hybridized carbons (Fsp3) is 0.118. The lowest BCUT2D eigenvalue weighted by atomic mass is 10.2. The molecular formula is C17H13Cl4N3O2. The van der Waals surface area contributed by atoms with Gasteiger partial charge in [0.15, 0.2) is 0 Å². The number of nitrogens with zero attached hydrogens (tertiary/aromatic N) is 1. The summed E-state index contributed by atoms with van der Waals surface area (Å²) in [5.41, 5.74) is 3.35. The molecule has 136 valence electrons.